The second-order valence-electron chi connectivity index (χ2n) is 4.27. The number of nitrogens with zero attached hydrogens (tertiary/aromatic N) is 2. The Morgan fingerprint density at radius 2 is 2.16 bits per heavy atom. The highest BCUT2D eigenvalue weighted by molar-refractivity contribution is 7.18. The van der Waals surface area contributed by atoms with Gasteiger partial charge in [0.2, 0.25) is 0 Å². The Bertz CT molecular complexity index is 672. The molecule has 0 aromatic carbocycles. The number of hydrogen-bond acceptors (Lipinski definition) is 4. The SMILES string of the molecule is CCc1cc2c(=O)n(CCC(=O)O)c(CC)nc2s1. The lowest BCUT2D eigenvalue weighted by Gasteiger charge is -2.09. The van der Waals surface area contributed by atoms with Crippen molar-refractivity contribution in [2.45, 2.75) is 39.7 Å². The quantitative estimate of drug-likeness (QED) is 0.910. The average molecular weight is 280 g/mol. The van der Waals surface area contributed by atoms with Gasteiger partial charge >= 0.3 is 5.97 Å². The van der Waals surface area contributed by atoms with Crippen molar-refractivity contribution in [3.63, 3.8) is 0 Å². The number of carboxylic acid groups (broad SMARTS) is 1. The maximum absolute atomic E-state index is 12.4. The van der Waals surface area contributed by atoms with E-state index < -0.39 is 5.97 Å². The van der Waals surface area contributed by atoms with Gasteiger partial charge in [-0.15, -0.1) is 11.3 Å². The molecule has 0 aliphatic heterocycles. The molecule has 0 fully saturated rings. The standard InChI is InChI=1S/C13H16N2O3S/c1-3-8-7-9-12(19-8)14-10(4-2)15(13(9)18)6-5-11(16)17/h7H,3-6H2,1-2H3,(H,16,17). The zero-order valence-corrected chi connectivity index (χ0v) is 11.8. The first-order chi connectivity index (χ1) is 9.06. The van der Waals surface area contributed by atoms with E-state index in [1.807, 2.05) is 19.9 Å². The molecule has 0 saturated heterocycles. The molecule has 102 valence electrons. The Hall–Kier alpha value is -1.69. The highest BCUT2D eigenvalue weighted by Crippen LogP contribution is 2.22. The van der Waals surface area contributed by atoms with Gasteiger partial charge in [0.05, 0.1) is 11.8 Å². The summed E-state index contributed by atoms with van der Waals surface area (Å²) < 4.78 is 1.49. The van der Waals surface area contributed by atoms with Crippen molar-refractivity contribution in [1.29, 1.82) is 0 Å². The van der Waals surface area contributed by atoms with Gasteiger partial charge < -0.3 is 5.11 Å². The first kappa shape index (κ1) is 13.7. The van der Waals surface area contributed by atoms with Crippen molar-refractivity contribution in [3.05, 3.63) is 27.1 Å². The van der Waals surface area contributed by atoms with Crippen LogP contribution in [0.3, 0.4) is 0 Å². The molecule has 0 amide bonds. The normalized spacial score (nSPS) is 11.1. The molecule has 0 atom stereocenters. The Kier molecular flexibility index (Phi) is 3.99. The lowest BCUT2D eigenvalue weighted by Crippen LogP contribution is -2.25. The summed E-state index contributed by atoms with van der Waals surface area (Å²) in [6, 6.07) is 1.87. The summed E-state index contributed by atoms with van der Waals surface area (Å²) in [7, 11) is 0. The summed E-state index contributed by atoms with van der Waals surface area (Å²) in [4.78, 5) is 29.4. The van der Waals surface area contributed by atoms with Crippen LogP contribution in [0.2, 0.25) is 0 Å². The molecule has 2 aromatic rings. The predicted molar refractivity (Wildman–Crippen MR) is 74.9 cm³/mol. The van der Waals surface area contributed by atoms with E-state index in [1.165, 1.54) is 15.9 Å². The van der Waals surface area contributed by atoms with Gasteiger partial charge in [-0.05, 0) is 12.5 Å². The van der Waals surface area contributed by atoms with Crippen molar-refractivity contribution < 1.29 is 9.90 Å². The van der Waals surface area contributed by atoms with Crippen molar-refractivity contribution in [1.82, 2.24) is 9.55 Å². The van der Waals surface area contributed by atoms with Gasteiger partial charge in [-0.25, -0.2) is 4.98 Å². The fourth-order valence-corrected chi connectivity index (χ4v) is 2.97. The second-order valence-corrected chi connectivity index (χ2v) is 5.38. The predicted octanol–water partition coefficient (Wildman–Crippen LogP) is 2.06. The third-order valence-electron chi connectivity index (χ3n) is 3.00. The van der Waals surface area contributed by atoms with Crippen molar-refractivity contribution in [2.75, 3.05) is 0 Å². The molecule has 5 nitrogen and oxygen atoms in total. The number of fused-ring (bicyclic) bond motifs is 1. The zero-order valence-electron chi connectivity index (χ0n) is 11.0. The highest BCUT2D eigenvalue weighted by Gasteiger charge is 2.13. The summed E-state index contributed by atoms with van der Waals surface area (Å²) in [6.45, 7) is 4.13. The van der Waals surface area contributed by atoms with E-state index in [4.69, 9.17) is 5.11 Å². The molecule has 0 aliphatic rings. The Morgan fingerprint density at radius 3 is 2.74 bits per heavy atom. The Labute approximate surface area is 114 Å². The molecule has 2 rings (SSSR count). The number of aromatic nitrogens is 2. The Balaban J connectivity index is 2.57. The third kappa shape index (κ3) is 2.68. The number of aryl methyl sites for hydroxylation is 2. The molecular weight excluding hydrogens is 264 g/mol. The molecule has 19 heavy (non-hydrogen) atoms. The van der Waals surface area contributed by atoms with Crippen LogP contribution in [0.1, 0.15) is 31.0 Å². The number of hydrogen-bond donors (Lipinski definition) is 1. The van der Waals surface area contributed by atoms with Gasteiger partial charge in [-0.2, -0.15) is 0 Å². The van der Waals surface area contributed by atoms with Gasteiger partial charge in [0.15, 0.2) is 0 Å². The minimum atomic E-state index is -0.909. The van der Waals surface area contributed by atoms with E-state index in [-0.39, 0.29) is 18.5 Å². The zero-order chi connectivity index (χ0) is 14.0. The first-order valence-electron chi connectivity index (χ1n) is 6.30. The van der Waals surface area contributed by atoms with Gasteiger partial charge in [0.25, 0.3) is 5.56 Å². The first-order valence-corrected chi connectivity index (χ1v) is 7.12. The van der Waals surface area contributed by atoms with Crippen LogP contribution in [0, 0.1) is 0 Å². The lowest BCUT2D eigenvalue weighted by molar-refractivity contribution is -0.137. The highest BCUT2D eigenvalue weighted by atomic mass is 32.1. The molecule has 1 N–H and O–H groups in total. The maximum atomic E-state index is 12.4. The van der Waals surface area contributed by atoms with Gasteiger partial charge in [0, 0.05) is 17.8 Å². The fraction of sp³-hybridized carbons (Fsp3) is 0.462. The van der Waals surface area contributed by atoms with Crippen molar-refractivity contribution in [3.8, 4) is 0 Å². The van der Waals surface area contributed by atoms with Gasteiger partial charge in [-0.3, -0.25) is 14.2 Å². The van der Waals surface area contributed by atoms with Crippen molar-refractivity contribution >= 4 is 27.5 Å². The number of rotatable bonds is 5. The summed E-state index contributed by atoms with van der Waals surface area (Å²) in [6.07, 6.45) is 1.42. The molecule has 0 aliphatic carbocycles. The molecule has 0 saturated carbocycles. The Morgan fingerprint density at radius 1 is 1.42 bits per heavy atom. The van der Waals surface area contributed by atoms with Gasteiger partial charge in [-0.1, -0.05) is 13.8 Å². The molecule has 0 unspecified atom stereocenters. The number of aliphatic carboxylic acids is 1. The number of carbonyl (C=O) groups is 1. The number of carboxylic acids is 1. The average Bonchev–Trinajstić information content (AvgIpc) is 2.80. The molecule has 6 heteroatoms. The number of thiophene rings is 1. The van der Waals surface area contributed by atoms with E-state index in [0.29, 0.717) is 17.6 Å². The second kappa shape index (κ2) is 5.52. The monoisotopic (exact) mass is 280 g/mol. The van der Waals surface area contributed by atoms with Crippen LogP contribution in [0.15, 0.2) is 10.9 Å². The van der Waals surface area contributed by atoms with Crippen LogP contribution in [0.4, 0.5) is 0 Å². The van der Waals surface area contributed by atoms with Crippen LogP contribution in [0.5, 0.6) is 0 Å². The molecule has 0 radical (unpaired) electrons. The fourth-order valence-electron chi connectivity index (χ4n) is 1.99. The van der Waals surface area contributed by atoms with Crippen LogP contribution in [-0.2, 0) is 24.2 Å². The van der Waals surface area contributed by atoms with Crippen LogP contribution in [-0.4, -0.2) is 20.6 Å². The molecule has 2 heterocycles. The largest absolute Gasteiger partial charge is 0.481 e. The van der Waals surface area contributed by atoms with E-state index in [9.17, 15) is 9.59 Å². The minimum absolute atomic E-state index is 0.0646. The van der Waals surface area contributed by atoms with Gasteiger partial charge in [0.1, 0.15) is 10.7 Å². The van der Waals surface area contributed by atoms with Crippen molar-refractivity contribution in [2.24, 2.45) is 0 Å². The molecular formula is C13H16N2O3S. The summed E-state index contributed by atoms with van der Waals surface area (Å²) in [5, 5.41) is 9.35. The smallest absolute Gasteiger partial charge is 0.305 e. The maximum Gasteiger partial charge on any atom is 0.305 e. The minimum Gasteiger partial charge on any atom is -0.481 e. The summed E-state index contributed by atoms with van der Waals surface area (Å²) in [5.41, 5.74) is -0.126. The van der Waals surface area contributed by atoms with Crippen LogP contribution >= 0.6 is 11.3 Å². The topological polar surface area (TPSA) is 72.2 Å². The van der Waals surface area contributed by atoms with E-state index in [0.717, 1.165) is 16.1 Å². The lowest BCUT2D eigenvalue weighted by atomic mass is 10.3. The third-order valence-corrected chi connectivity index (χ3v) is 4.17. The summed E-state index contributed by atoms with van der Waals surface area (Å²) in [5.74, 6) is -0.253. The van der Waals surface area contributed by atoms with E-state index >= 15 is 0 Å². The summed E-state index contributed by atoms with van der Waals surface area (Å²) >= 11 is 1.53. The van der Waals surface area contributed by atoms with Crippen LogP contribution in [0.25, 0.3) is 10.2 Å². The molecule has 0 bridgehead atoms. The van der Waals surface area contributed by atoms with E-state index in [2.05, 4.69) is 4.98 Å². The van der Waals surface area contributed by atoms with Crippen LogP contribution < -0.4 is 5.56 Å². The molecule has 0 spiro atoms. The van der Waals surface area contributed by atoms with E-state index in [1.54, 1.807) is 0 Å². The molecule has 2 aromatic heterocycles.